The summed E-state index contributed by atoms with van der Waals surface area (Å²) in [6.07, 6.45) is 3.74. The third kappa shape index (κ3) is 8.04. The Morgan fingerprint density at radius 3 is 1.93 bits per heavy atom. The van der Waals surface area contributed by atoms with Crippen molar-refractivity contribution in [2.75, 3.05) is 13.2 Å². The fourth-order valence-corrected chi connectivity index (χ4v) is 2.43. The van der Waals surface area contributed by atoms with Crippen LogP contribution in [0.5, 0.6) is 0 Å². The first kappa shape index (κ1) is 15.2. The van der Waals surface area contributed by atoms with Crippen LogP contribution in [-0.2, 0) is 13.6 Å². The number of halogens is 1. The molecule has 0 aliphatic carbocycles. The van der Waals surface area contributed by atoms with Gasteiger partial charge in [-0.1, -0.05) is 38.3 Å². The van der Waals surface area contributed by atoms with Gasteiger partial charge in [0.05, 0.1) is 13.2 Å². The van der Waals surface area contributed by atoms with Crippen LogP contribution >= 0.6 is 19.2 Å². The highest BCUT2D eigenvalue weighted by Crippen LogP contribution is 2.50. The Hall–Kier alpha value is 0.180. The van der Waals surface area contributed by atoms with Crippen LogP contribution in [-0.4, -0.2) is 13.2 Å². The van der Waals surface area contributed by atoms with E-state index >= 15 is 0 Å². The van der Waals surface area contributed by atoms with E-state index in [-0.39, 0.29) is 0 Å². The van der Waals surface area contributed by atoms with Crippen molar-refractivity contribution in [2.24, 2.45) is 0 Å². The molecule has 0 aromatic carbocycles. The second kappa shape index (κ2) is 9.41. The Morgan fingerprint density at radius 1 is 1.13 bits per heavy atom. The fraction of sp³-hybridized carbons (Fsp3) is 0.800. The summed E-state index contributed by atoms with van der Waals surface area (Å²) in [6, 6.07) is 0. The van der Waals surface area contributed by atoms with Crippen LogP contribution in [0.15, 0.2) is 11.4 Å². The van der Waals surface area contributed by atoms with Crippen molar-refractivity contribution in [3.8, 4) is 0 Å². The van der Waals surface area contributed by atoms with Gasteiger partial charge in [-0.25, -0.2) is 0 Å². The minimum absolute atomic E-state index is 0.446. The summed E-state index contributed by atoms with van der Waals surface area (Å²) in [5, 5.41) is 0. The van der Waals surface area contributed by atoms with Crippen molar-refractivity contribution >= 4 is 19.2 Å². The van der Waals surface area contributed by atoms with Gasteiger partial charge in [0.2, 0.25) is 0 Å². The number of hydrogen-bond acceptors (Lipinski definition) is 3. The molecule has 0 radical (unpaired) electrons. The van der Waals surface area contributed by atoms with Gasteiger partial charge in [0, 0.05) is 11.4 Å². The van der Waals surface area contributed by atoms with E-state index in [0.29, 0.717) is 13.2 Å². The Balaban J connectivity index is 4.01. The van der Waals surface area contributed by atoms with Crippen LogP contribution in [0.2, 0.25) is 0 Å². The molecule has 0 spiro atoms. The van der Waals surface area contributed by atoms with E-state index in [1.54, 1.807) is 0 Å². The molecular weight excluding hydrogens is 235 g/mol. The van der Waals surface area contributed by atoms with Gasteiger partial charge in [0.1, 0.15) is 0 Å². The molecule has 0 aromatic heterocycles. The topological polar surface area (TPSA) is 35.5 Å². The SMILES string of the molecule is CCCCOP(=O)(/C=C\Cl)OCCCC. The Bertz CT molecular complexity index is 205. The van der Waals surface area contributed by atoms with Crippen molar-refractivity contribution in [1.82, 2.24) is 0 Å². The molecule has 0 heterocycles. The maximum absolute atomic E-state index is 11.9. The number of unbranched alkanes of at least 4 members (excludes halogenated alkanes) is 2. The van der Waals surface area contributed by atoms with E-state index in [4.69, 9.17) is 20.6 Å². The lowest BCUT2D eigenvalue weighted by Gasteiger charge is -2.14. The highest BCUT2D eigenvalue weighted by atomic mass is 35.5. The summed E-state index contributed by atoms with van der Waals surface area (Å²) in [6.45, 7) is 4.98. The summed E-state index contributed by atoms with van der Waals surface area (Å²) in [4.78, 5) is 0. The van der Waals surface area contributed by atoms with Crippen LogP contribution in [0.1, 0.15) is 39.5 Å². The molecule has 15 heavy (non-hydrogen) atoms. The molecule has 0 saturated heterocycles. The van der Waals surface area contributed by atoms with Crippen LogP contribution in [0, 0.1) is 0 Å². The zero-order valence-corrected chi connectivity index (χ0v) is 11.1. The molecule has 0 aliphatic rings. The summed E-state index contributed by atoms with van der Waals surface area (Å²) in [7, 11) is -3.09. The third-order valence-corrected chi connectivity index (χ3v) is 3.68. The minimum atomic E-state index is -3.09. The van der Waals surface area contributed by atoms with E-state index in [1.165, 1.54) is 11.4 Å². The maximum atomic E-state index is 11.9. The molecule has 5 heteroatoms. The lowest BCUT2D eigenvalue weighted by molar-refractivity contribution is 0.208. The predicted molar refractivity (Wildman–Crippen MR) is 64.3 cm³/mol. The normalized spacial score (nSPS) is 12.5. The summed E-state index contributed by atoms with van der Waals surface area (Å²) >= 11 is 5.40. The lowest BCUT2D eigenvalue weighted by Crippen LogP contribution is -1.97. The monoisotopic (exact) mass is 254 g/mol. The van der Waals surface area contributed by atoms with Crippen LogP contribution in [0.4, 0.5) is 0 Å². The second-order valence-electron chi connectivity index (χ2n) is 3.19. The van der Waals surface area contributed by atoms with Crippen LogP contribution in [0.25, 0.3) is 0 Å². The summed E-state index contributed by atoms with van der Waals surface area (Å²) < 4.78 is 22.4. The van der Waals surface area contributed by atoms with Crippen molar-refractivity contribution in [2.45, 2.75) is 39.5 Å². The molecule has 0 aromatic rings. The fourth-order valence-electron chi connectivity index (χ4n) is 0.865. The number of rotatable bonds is 9. The quantitative estimate of drug-likeness (QED) is 0.448. The zero-order valence-electron chi connectivity index (χ0n) is 9.45. The van der Waals surface area contributed by atoms with E-state index in [0.717, 1.165) is 25.7 Å². The molecule has 90 valence electrons. The third-order valence-electron chi connectivity index (χ3n) is 1.78. The highest BCUT2D eigenvalue weighted by molar-refractivity contribution is 7.57. The van der Waals surface area contributed by atoms with Gasteiger partial charge >= 0.3 is 7.60 Å². The molecule has 0 saturated carbocycles. The molecule has 0 atom stereocenters. The smallest absolute Gasteiger partial charge is 0.306 e. The van der Waals surface area contributed by atoms with Gasteiger partial charge in [-0.3, -0.25) is 4.57 Å². The van der Waals surface area contributed by atoms with E-state index in [1.807, 2.05) is 13.8 Å². The highest BCUT2D eigenvalue weighted by Gasteiger charge is 2.19. The molecule has 0 unspecified atom stereocenters. The van der Waals surface area contributed by atoms with E-state index in [9.17, 15) is 4.57 Å². The number of hydrogen-bond donors (Lipinski definition) is 0. The van der Waals surface area contributed by atoms with Crippen LogP contribution in [0.3, 0.4) is 0 Å². The average Bonchev–Trinajstić information content (AvgIpc) is 2.19. The molecule has 0 N–H and O–H groups in total. The molecule has 0 amide bonds. The van der Waals surface area contributed by atoms with Gasteiger partial charge in [0.25, 0.3) is 0 Å². The standard InChI is InChI=1S/C10H20ClO3P/c1-3-5-8-13-15(12,10-7-11)14-9-6-4-2/h7,10H,3-6,8-9H2,1-2H3/b10-7-. The van der Waals surface area contributed by atoms with E-state index in [2.05, 4.69) is 0 Å². The Kier molecular flexibility index (Phi) is 9.52. The minimum Gasteiger partial charge on any atom is -0.306 e. The second-order valence-corrected chi connectivity index (χ2v) is 5.33. The van der Waals surface area contributed by atoms with Gasteiger partial charge in [0.15, 0.2) is 0 Å². The zero-order chi connectivity index (χ0) is 11.6. The summed E-state index contributed by atoms with van der Waals surface area (Å²) in [5.41, 5.74) is 1.19. The molecule has 0 fully saturated rings. The maximum Gasteiger partial charge on any atom is 0.355 e. The van der Waals surface area contributed by atoms with Gasteiger partial charge in [-0.05, 0) is 12.8 Å². The first-order valence-corrected chi connectivity index (χ1v) is 7.40. The Morgan fingerprint density at radius 2 is 1.60 bits per heavy atom. The first-order valence-electron chi connectivity index (χ1n) is 5.35. The van der Waals surface area contributed by atoms with E-state index < -0.39 is 7.60 Å². The summed E-state index contributed by atoms with van der Waals surface area (Å²) in [5.74, 6) is 1.31. The molecular formula is C10H20ClO3P. The molecule has 0 bridgehead atoms. The largest absolute Gasteiger partial charge is 0.355 e. The van der Waals surface area contributed by atoms with Crippen molar-refractivity contribution in [3.05, 3.63) is 11.4 Å². The first-order chi connectivity index (χ1) is 7.18. The van der Waals surface area contributed by atoms with Gasteiger partial charge in [-0.15, -0.1) is 0 Å². The predicted octanol–water partition coefficient (Wildman–Crippen LogP) is 4.52. The Labute approximate surface area is 97.3 Å². The molecule has 3 nitrogen and oxygen atoms in total. The van der Waals surface area contributed by atoms with Crippen molar-refractivity contribution in [1.29, 1.82) is 0 Å². The van der Waals surface area contributed by atoms with Crippen molar-refractivity contribution < 1.29 is 13.6 Å². The molecule has 0 aliphatic heterocycles. The van der Waals surface area contributed by atoms with Gasteiger partial charge < -0.3 is 9.05 Å². The molecule has 0 rings (SSSR count). The van der Waals surface area contributed by atoms with Crippen LogP contribution < -0.4 is 0 Å². The van der Waals surface area contributed by atoms with Crippen molar-refractivity contribution in [3.63, 3.8) is 0 Å². The average molecular weight is 255 g/mol. The lowest BCUT2D eigenvalue weighted by atomic mass is 10.4. The van der Waals surface area contributed by atoms with Gasteiger partial charge in [-0.2, -0.15) is 0 Å².